The van der Waals surface area contributed by atoms with Gasteiger partial charge in [0.05, 0.1) is 24.0 Å². The van der Waals surface area contributed by atoms with E-state index in [0.29, 0.717) is 62.4 Å². The molecular weight excluding hydrogens is 1480 g/mol. The molecule has 0 bridgehead atoms. The monoisotopic (exact) mass is 1610 g/mol. The number of anilines is 1. The Morgan fingerprint density at radius 1 is 0.528 bits per heavy atom. The molecule has 106 heavy (non-hydrogen) atoms. The van der Waals surface area contributed by atoms with Gasteiger partial charge in [0.25, 0.3) is 0 Å². The quantitative estimate of drug-likeness (QED) is 0.0161. The summed E-state index contributed by atoms with van der Waals surface area (Å²) in [5.74, 6) is -1.60. The van der Waals surface area contributed by atoms with E-state index in [1.54, 1.807) is 4.90 Å². The van der Waals surface area contributed by atoms with Gasteiger partial charge in [-0.05, 0) is 43.7 Å². The van der Waals surface area contributed by atoms with Crippen molar-refractivity contribution in [2.24, 2.45) is 0 Å². The number of ether oxygens (including phenoxy) is 2. The van der Waals surface area contributed by atoms with E-state index in [2.05, 4.69) is 41.7 Å². The summed E-state index contributed by atoms with van der Waals surface area (Å²) in [5, 5.41) is 23.0. The third-order valence-corrected chi connectivity index (χ3v) is 20.6. The van der Waals surface area contributed by atoms with Gasteiger partial charge in [0, 0.05) is 61.3 Å². The van der Waals surface area contributed by atoms with Gasteiger partial charge in [-0.1, -0.05) is 312 Å². The van der Waals surface area contributed by atoms with E-state index in [-0.39, 0.29) is 279 Å². The molecule has 17 nitrogen and oxygen atoms in total. The number of thioether (sulfide) groups is 1. The van der Waals surface area contributed by atoms with Crippen molar-refractivity contribution in [3.8, 4) is 22.5 Å². The van der Waals surface area contributed by atoms with Crippen LogP contribution in [0, 0.1) is 0 Å². The first-order valence-corrected chi connectivity index (χ1v) is 42.2. The van der Waals surface area contributed by atoms with Gasteiger partial charge in [-0.2, -0.15) is 18.2 Å². The number of carbonyl (C=O) groups is 7. The number of ketones is 1. The molecule has 0 radical (unpaired) electrons. The Bertz CT molecular complexity index is 2750. The minimum Gasteiger partial charge on any atom is -0.785 e. The van der Waals surface area contributed by atoms with Crippen LogP contribution in [0.4, 0.5) is 5.69 Å². The molecule has 1 aliphatic rings. The smallest absolute Gasteiger partial charge is 0.785 e. The summed E-state index contributed by atoms with van der Waals surface area (Å²) >= 11 is 6.53. The van der Waals surface area contributed by atoms with Gasteiger partial charge in [0.1, 0.15) is 30.7 Å². The first-order chi connectivity index (χ1) is 49.9. The van der Waals surface area contributed by atoms with E-state index in [1.165, 1.54) is 204 Å². The Labute approximate surface area is 821 Å². The molecule has 4 rings (SSSR count). The number of carbonyl (C=O) groups excluding carboxylic acids is 7. The molecule has 3 N–H and O–H groups in total. The maximum atomic E-state index is 13.3. The zero-order chi connectivity index (χ0) is 73.7. The normalized spacial score (nSPS) is 11.7. The standard InChI is InChI=1S/C55H105NO6S2.C28H30N5O5.4K/c1-4-7-10-13-16-19-22-25-28-31-34-37-40-43-53(58)56-51(52(57)47-63)49-64-48-50(62-55(60)45-42-39-36-33-30-27-24-21-18-15-12-9-6-3)46-61-54(59)44-41-38-35-32-29-26-23-20-17-14-11-8-5-2;34-17-9-7-15-25(36)32-19-20-10-3-4-11-21(20)28-27(22-12-5-6-13-23(22)32)30-31-33(28)16-8-1-2-14-24(35)29-18-26(37)38;;;;/h50-51,63H,4-49H2,1-3H3,(H,56,58);3-6,10-13H,1-2,7-9,14-16,18-19H2,(H,29,35)(H,37,38);;;;/q;-1;4*+1/p-1/t50-,51-;;;;;/m0...../s1. The maximum absolute atomic E-state index is 13.3. The fraction of sp³-hybridized carbons (Fsp3) is 0.735. The van der Waals surface area contributed by atoms with Crippen LogP contribution >= 0.6 is 11.8 Å². The van der Waals surface area contributed by atoms with Gasteiger partial charge in [-0.3, -0.25) is 39.8 Å². The SMILES string of the molecule is CCCCCCCCCCCCCCCC(=O)N[C@@H](CSC[C@H](COC(=O)CCCCCCCCCCCCCCC)OC(=O)CCCCCCCCCCCCCCC)C(=O)C[S-].O=[C-]CCCC(=O)N1Cc2ccccc2-c2c(nnn2CCCCCC(=O)NCC(=O)O)-c2ccccc21.[K+].[K+].[K+].[K+]. The first kappa shape index (κ1) is 109. The van der Waals surface area contributed by atoms with Crippen molar-refractivity contribution in [2.45, 2.75) is 361 Å². The molecule has 3 aromatic rings. The number of aliphatic carboxylic acids is 1. The number of fused-ring (bicyclic) bond motifs is 5. The van der Waals surface area contributed by atoms with E-state index < -0.39 is 18.1 Å². The topological polar surface area (TPSA) is 233 Å². The van der Waals surface area contributed by atoms with Crippen LogP contribution in [-0.4, -0.2) is 110 Å². The molecule has 0 saturated heterocycles. The number of amides is 3. The number of nitrogens with zero attached hydrogens (tertiary/aromatic N) is 4. The van der Waals surface area contributed by atoms with Crippen LogP contribution in [0.15, 0.2) is 48.5 Å². The third kappa shape index (κ3) is 54.8. The van der Waals surface area contributed by atoms with Crippen molar-refractivity contribution in [1.29, 1.82) is 0 Å². The Kier molecular flexibility index (Phi) is 78.2. The van der Waals surface area contributed by atoms with Gasteiger partial charge >= 0.3 is 223 Å². The van der Waals surface area contributed by atoms with E-state index in [0.717, 1.165) is 98.7 Å². The van der Waals surface area contributed by atoms with Gasteiger partial charge < -0.3 is 47.5 Å². The zero-order valence-electron chi connectivity index (χ0n) is 67.5. The number of benzene rings is 2. The Balaban J connectivity index is 0. The number of Topliss-reactive ketones (excluding diaryl/α,β-unsaturated/α-hetero) is 1. The average Bonchev–Trinajstić information content (AvgIpc) is 1.49. The number of para-hydroxylation sites is 1. The Morgan fingerprint density at radius 3 is 1.44 bits per heavy atom. The minimum atomic E-state index is -1.06. The van der Waals surface area contributed by atoms with Crippen LogP contribution in [0.25, 0.3) is 22.5 Å². The Hall–Kier alpha value is 0.985. The Morgan fingerprint density at radius 2 is 0.962 bits per heavy atom. The van der Waals surface area contributed by atoms with E-state index in [9.17, 15) is 38.4 Å². The van der Waals surface area contributed by atoms with Crippen molar-refractivity contribution in [2.75, 3.05) is 35.3 Å². The second-order valence-corrected chi connectivity index (χ2v) is 29.5. The number of rotatable bonds is 64. The second kappa shape index (κ2) is 76.0. The van der Waals surface area contributed by atoms with E-state index >= 15 is 0 Å². The summed E-state index contributed by atoms with van der Waals surface area (Å²) in [6.07, 6.45) is 54.3. The molecular formula is C83H134K4N6O11S2+2. The average molecular weight is 1610 g/mol. The number of aromatic nitrogens is 3. The van der Waals surface area contributed by atoms with Crippen LogP contribution in [0.5, 0.6) is 0 Å². The summed E-state index contributed by atoms with van der Waals surface area (Å²) in [5.41, 5.74) is 5.07. The van der Waals surface area contributed by atoms with Crippen molar-refractivity contribution in [1.82, 2.24) is 25.6 Å². The van der Waals surface area contributed by atoms with Crippen LogP contribution in [0.1, 0.15) is 341 Å². The fourth-order valence-corrected chi connectivity index (χ4v) is 14.3. The molecule has 0 saturated carbocycles. The van der Waals surface area contributed by atoms with E-state index in [4.69, 9.17) is 27.2 Å². The number of hydrogen-bond acceptors (Lipinski definition) is 14. The van der Waals surface area contributed by atoms with Gasteiger partial charge in [-0.25, -0.2) is 4.68 Å². The molecule has 1 aromatic heterocycles. The molecule has 2 aromatic carbocycles. The summed E-state index contributed by atoms with van der Waals surface area (Å²) < 4.78 is 13.4. The number of nitrogens with one attached hydrogen (secondary N) is 2. The zero-order valence-corrected chi connectivity index (χ0v) is 81.6. The molecule has 2 atom stereocenters. The fourth-order valence-electron chi connectivity index (χ4n) is 13.0. The van der Waals surface area contributed by atoms with Gasteiger partial charge in [0.2, 0.25) is 17.7 Å². The molecule has 1 aliphatic heterocycles. The number of unbranched alkanes of at least 4 members (excludes halogenated alkanes) is 39. The molecule has 3 amide bonds. The van der Waals surface area contributed by atoms with Crippen molar-refractivity contribution >= 4 is 77.8 Å². The largest absolute Gasteiger partial charge is 1.00 e. The van der Waals surface area contributed by atoms with Gasteiger partial charge in [-0.15, -0.1) is 10.9 Å². The van der Waals surface area contributed by atoms with Gasteiger partial charge in [0.15, 0.2) is 0 Å². The summed E-state index contributed by atoms with van der Waals surface area (Å²) in [4.78, 5) is 99.4. The number of hydrogen-bond donors (Lipinski definition) is 3. The van der Waals surface area contributed by atoms with Crippen molar-refractivity contribution < 1.29 is 258 Å². The number of carboxylic acid groups (broad SMARTS) is 1. The molecule has 2 heterocycles. The molecule has 0 spiro atoms. The van der Waals surface area contributed by atoms with Crippen LogP contribution in [0.3, 0.4) is 0 Å². The number of aryl methyl sites for hydroxylation is 1. The number of esters is 2. The predicted octanol–water partition coefficient (Wildman–Crippen LogP) is 7.74. The first-order valence-electron chi connectivity index (χ1n) is 40.4. The van der Waals surface area contributed by atoms with Crippen molar-refractivity contribution in [3.63, 3.8) is 0 Å². The predicted molar refractivity (Wildman–Crippen MR) is 419 cm³/mol. The molecule has 0 unspecified atom stereocenters. The van der Waals surface area contributed by atoms with Crippen LogP contribution in [-0.2, 0) is 73.5 Å². The molecule has 23 heteroatoms. The molecule has 576 valence electrons. The summed E-state index contributed by atoms with van der Waals surface area (Å²) in [6.45, 7) is 7.39. The summed E-state index contributed by atoms with van der Waals surface area (Å²) in [6, 6.07) is 14.9. The maximum Gasteiger partial charge on any atom is 1.00 e. The third-order valence-electron chi connectivity index (χ3n) is 19.1. The van der Waals surface area contributed by atoms with E-state index in [1.807, 2.05) is 59.5 Å². The van der Waals surface area contributed by atoms with Crippen LogP contribution < -0.4 is 221 Å². The second-order valence-electron chi connectivity index (χ2n) is 28.2. The summed E-state index contributed by atoms with van der Waals surface area (Å²) in [7, 11) is 0. The molecule has 0 aliphatic carbocycles. The van der Waals surface area contributed by atoms with Crippen LogP contribution in [0.2, 0.25) is 0 Å². The van der Waals surface area contributed by atoms with Crippen molar-refractivity contribution in [3.05, 3.63) is 54.1 Å². The molecule has 0 fully saturated rings. The minimum absolute atomic E-state index is 0. The number of carboxylic acids is 1.